The maximum Gasteiger partial charge on any atom is 0.229 e. The van der Waals surface area contributed by atoms with Crippen LogP contribution in [0.1, 0.15) is 37.0 Å². The quantitative estimate of drug-likeness (QED) is 0.909. The van der Waals surface area contributed by atoms with Gasteiger partial charge in [0.1, 0.15) is 5.82 Å². The van der Waals surface area contributed by atoms with Gasteiger partial charge in [-0.05, 0) is 17.7 Å². The first-order valence-electron chi connectivity index (χ1n) is 6.38. The van der Waals surface area contributed by atoms with Crippen molar-refractivity contribution >= 4 is 5.91 Å². The summed E-state index contributed by atoms with van der Waals surface area (Å²) >= 11 is 0. The van der Waals surface area contributed by atoms with E-state index in [2.05, 4.69) is 15.5 Å². The summed E-state index contributed by atoms with van der Waals surface area (Å²) < 4.78 is 17.8. The van der Waals surface area contributed by atoms with Crippen LogP contribution in [0.2, 0.25) is 0 Å². The molecule has 0 aliphatic carbocycles. The smallest absolute Gasteiger partial charge is 0.229 e. The van der Waals surface area contributed by atoms with Gasteiger partial charge in [-0.15, -0.1) is 0 Å². The predicted molar refractivity (Wildman–Crippen MR) is 70.3 cm³/mol. The molecule has 2 rings (SSSR count). The van der Waals surface area contributed by atoms with Gasteiger partial charge in [0.05, 0.1) is 13.0 Å². The number of rotatable bonds is 5. The Morgan fingerprint density at radius 1 is 1.35 bits per heavy atom. The van der Waals surface area contributed by atoms with Crippen molar-refractivity contribution in [1.82, 2.24) is 15.5 Å². The summed E-state index contributed by atoms with van der Waals surface area (Å²) in [6.45, 7) is 4.12. The van der Waals surface area contributed by atoms with Crippen molar-refractivity contribution in [3.05, 3.63) is 47.4 Å². The summed E-state index contributed by atoms with van der Waals surface area (Å²) in [5.74, 6) is 0.662. The van der Waals surface area contributed by atoms with E-state index in [1.54, 1.807) is 12.1 Å². The number of benzene rings is 1. The van der Waals surface area contributed by atoms with Crippen molar-refractivity contribution in [3.63, 3.8) is 0 Å². The summed E-state index contributed by atoms with van der Waals surface area (Å²) in [5, 5.41) is 6.47. The van der Waals surface area contributed by atoms with E-state index in [-0.39, 0.29) is 30.6 Å². The fourth-order valence-corrected chi connectivity index (χ4v) is 1.60. The summed E-state index contributed by atoms with van der Waals surface area (Å²) in [5.41, 5.74) is 0.750. The second-order valence-corrected chi connectivity index (χ2v) is 4.78. The molecule has 106 valence electrons. The largest absolute Gasteiger partial charge is 0.348 e. The molecule has 0 spiro atoms. The standard InChI is InChI=1S/C14H16FN3O2/c1-9(2)14-17-12(18-20-14)8-16-13(19)7-10-3-5-11(15)6-4-10/h3-6,9H,7-8H2,1-2H3,(H,16,19). The van der Waals surface area contributed by atoms with Crippen LogP contribution >= 0.6 is 0 Å². The number of hydrogen-bond acceptors (Lipinski definition) is 4. The first-order valence-corrected chi connectivity index (χ1v) is 6.38. The molecule has 0 fully saturated rings. The molecule has 1 amide bonds. The minimum atomic E-state index is -0.317. The molecule has 1 aromatic heterocycles. The molecule has 0 saturated heterocycles. The number of nitrogens with one attached hydrogen (secondary N) is 1. The lowest BCUT2D eigenvalue weighted by molar-refractivity contribution is -0.120. The van der Waals surface area contributed by atoms with Crippen LogP contribution in [0.4, 0.5) is 4.39 Å². The van der Waals surface area contributed by atoms with Gasteiger partial charge in [-0.25, -0.2) is 4.39 Å². The highest BCUT2D eigenvalue weighted by Crippen LogP contribution is 2.10. The third kappa shape index (κ3) is 3.88. The summed E-state index contributed by atoms with van der Waals surface area (Å²) in [7, 11) is 0. The average molecular weight is 277 g/mol. The second kappa shape index (κ2) is 6.27. The Balaban J connectivity index is 1.84. The second-order valence-electron chi connectivity index (χ2n) is 4.78. The molecule has 2 aromatic rings. The molecule has 0 saturated carbocycles. The Morgan fingerprint density at radius 2 is 2.05 bits per heavy atom. The van der Waals surface area contributed by atoms with E-state index in [9.17, 15) is 9.18 Å². The summed E-state index contributed by atoms with van der Waals surface area (Å²) in [6, 6.07) is 5.83. The average Bonchev–Trinajstić information content (AvgIpc) is 2.88. The monoisotopic (exact) mass is 277 g/mol. The normalized spacial score (nSPS) is 10.8. The SMILES string of the molecule is CC(C)c1nc(CNC(=O)Cc2ccc(F)cc2)no1. The maximum absolute atomic E-state index is 12.7. The molecule has 0 bridgehead atoms. The highest BCUT2D eigenvalue weighted by Gasteiger charge is 2.10. The van der Waals surface area contributed by atoms with Crippen LogP contribution < -0.4 is 5.32 Å². The van der Waals surface area contributed by atoms with Gasteiger partial charge in [0.15, 0.2) is 5.82 Å². The number of carbonyl (C=O) groups is 1. The zero-order chi connectivity index (χ0) is 14.5. The Labute approximate surface area is 116 Å². The zero-order valence-corrected chi connectivity index (χ0v) is 11.4. The van der Waals surface area contributed by atoms with Gasteiger partial charge in [0, 0.05) is 5.92 Å². The van der Waals surface area contributed by atoms with E-state index in [4.69, 9.17) is 4.52 Å². The van der Waals surface area contributed by atoms with Crippen molar-refractivity contribution in [2.24, 2.45) is 0 Å². The van der Waals surface area contributed by atoms with Crippen LogP contribution in [-0.4, -0.2) is 16.0 Å². The molecule has 1 heterocycles. The van der Waals surface area contributed by atoms with Crippen LogP contribution in [-0.2, 0) is 17.8 Å². The van der Waals surface area contributed by atoms with Gasteiger partial charge in [0.2, 0.25) is 11.8 Å². The predicted octanol–water partition coefficient (Wildman–Crippen LogP) is 2.19. The first-order chi connectivity index (χ1) is 9.54. The Morgan fingerprint density at radius 3 is 2.65 bits per heavy atom. The van der Waals surface area contributed by atoms with Crippen molar-refractivity contribution in [3.8, 4) is 0 Å². The van der Waals surface area contributed by atoms with E-state index in [1.165, 1.54) is 12.1 Å². The Bertz CT molecular complexity index is 578. The highest BCUT2D eigenvalue weighted by molar-refractivity contribution is 5.78. The highest BCUT2D eigenvalue weighted by atomic mass is 19.1. The lowest BCUT2D eigenvalue weighted by Crippen LogP contribution is -2.25. The molecule has 6 heteroatoms. The van der Waals surface area contributed by atoms with Crippen LogP contribution in [0.25, 0.3) is 0 Å². The molecule has 20 heavy (non-hydrogen) atoms. The fraction of sp³-hybridized carbons (Fsp3) is 0.357. The van der Waals surface area contributed by atoms with Crippen LogP contribution in [0.3, 0.4) is 0 Å². The molecule has 0 aliphatic rings. The van der Waals surface area contributed by atoms with Crippen molar-refractivity contribution in [2.75, 3.05) is 0 Å². The Kier molecular flexibility index (Phi) is 4.45. The molecule has 0 atom stereocenters. The molecule has 0 radical (unpaired) electrons. The number of amides is 1. The van der Waals surface area contributed by atoms with E-state index in [0.717, 1.165) is 5.56 Å². The molecule has 0 aliphatic heterocycles. The van der Waals surface area contributed by atoms with Gasteiger partial charge < -0.3 is 9.84 Å². The Hall–Kier alpha value is -2.24. The van der Waals surface area contributed by atoms with Crippen molar-refractivity contribution in [1.29, 1.82) is 0 Å². The number of halogens is 1. The van der Waals surface area contributed by atoms with Crippen molar-refractivity contribution in [2.45, 2.75) is 32.7 Å². The zero-order valence-electron chi connectivity index (χ0n) is 11.4. The maximum atomic E-state index is 12.7. The minimum absolute atomic E-state index is 0.158. The number of carbonyl (C=O) groups excluding carboxylic acids is 1. The van der Waals surface area contributed by atoms with Crippen LogP contribution in [0.15, 0.2) is 28.8 Å². The fourth-order valence-electron chi connectivity index (χ4n) is 1.60. The molecule has 5 nitrogen and oxygen atoms in total. The number of nitrogens with zero attached hydrogens (tertiary/aromatic N) is 2. The van der Waals surface area contributed by atoms with E-state index >= 15 is 0 Å². The van der Waals surface area contributed by atoms with Gasteiger partial charge in [-0.2, -0.15) is 4.98 Å². The lowest BCUT2D eigenvalue weighted by atomic mass is 10.1. The van der Waals surface area contributed by atoms with E-state index in [1.807, 2.05) is 13.8 Å². The third-order valence-corrected chi connectivity index (χ3v) is 2.70. The minimum Gasteiger partial charge on any atom is -0.348 e. The van der Waals surface area contributed by atoms with Gasteiger partial charge >= 0.3 is 0 Å². The molecule has 1 aromatic carbocycles. The summed E-state index contributed by atoms with van der Waals surface area (Å²) in [6.07, 6.45) is 0.190. The number of hydrogen-bond donors (Lipinski definition) is 1. The molecule has 1 N–H and O–H groups in total. The molecular weight excluding hydrogens is 261 g/mol. The van der Waals surface area contributed by atoms with Gasteiger partial charge in [-0.1, -0.05) is 31.1 Å². The van der Waals surface area contributed by atoms with Gasteiger partial charge in [-0.3, -0.25) is 4.79 Å². The van der Waals surface area contributed by atoms with Crippen molar-refractivity contribution < 1.29 is 13.7 Å². The third-order valence-electron chi connectivity index (χ3n) is 2.70. The van der Waals surface area contributed by atoms with E-state index in [0.29, 0.717) is 11.7 Å². The van der Waals surface area contributed by atoms with Crippen LogP contribution in [0.5, 0.6) is 0 Å². The van der Waals surface area contributed by atoms with Crippen LogP contribution in [0, 0.1) is 5.82 Å². The van der Waals surface area contributed by atoms with Gasteiger partial charge in [0.25, 0.3) is 0 Å². The van der Waals surface area contributed by atoms with E-state index < -0.39 is 0 Å². The topological polar surface area (TPSA) is 68.0 Å². The first kappa shape index (κ1) is 14.2. The number of aromatic nitrogens is 2. The lowest BCUT2D eigenvalue weighted by Gasteiger charge is -2.02. The summed E-state index contributed by atoms with van der Waals surface area (Å²) in [4.78, 5) is 15.9. The molecule has 0 unspecified atom stereocenters. The molecular formula is C14H16FN3O2.